The van der Waals surface area contributed by atoms with Gasteiger partial charge in [0.05, 0.1) is 23.5 Å². The van der Waals surface area contributed by atoms with Crippen LogP contribution in [0.4, 0.5) is 17.1 Å². The van der Waals surface area contributed by atoms with E-state index < -0.39 is 0 Å². The lowest BCUT2D eigenvalue weighted by atomic mass is 10.1. The van der Waals surface area contributed by atoms with Gasteiger partial charge in [-0.15, -0.1) is 0 Å². The molecule has 0 aliphatic carbocycles. The van der Waals surface area contributed by atoms with Crippen molar-refractivity contribution in [1.82, 2.24) is 0 Å². The van der Waals surface area contributed by atoms with Crippen LogP contribution in [0.5, 0.6) is 0 Å². The molecule has 4 nitrogen and oxygen atoms in total. The third-order valence-electron chi connectivity index (χ3n) is 3.85. The summed E-state index contributed by atoms with van der Waals surface area (Å²) in [6.07, 6.45) is 1.79. The number of nitriles is 1. The first kappa shape index (κ1) is 16.3. The molecule has 0 spiro atoms. The zero-order chi connectivity index (χ0) is 17.5. The zero-order valence-corrected chi connectivity index (χ0v) is 13.9. The highest BCUT2D eigenvalue weighted by Crippen LogP contribution is 2.23. The van der Waals surface area contributed by atoms with Gasteiger partial charge in [-0.3, -0.25) is 5.43 Å². The number of para-hydroxylation sites is 1. The highest BCUT2D eigenvalue weighted by molar-refractivity contribution is 5.81. The van der Waals surface area contributed by atoms with Crippen molar-refractivity contribution in [1.29, 1.82) is 5.26 Å². The third kappa shape index (κ3) is 4.24. The second kappa shape index (κ2) is 7.80. The van der Waals surface area contributed by atoms with Crippen LogP contribution in [0, 0.1) is 11.3 Å². The number of nitrogens with zero attached hydrogens (tertiary/aromatic N) is 3. The highest BCUT2D eigenvalue weighted by Gasteiger charge is 2.03. The van der Waals surface area contributed by atoms with Crippen molar-refractivity contribution in [3.63, 3.8) is 0 Å². The van der Waals surface area contributed by atoms with Crippen molar-refractivity contribution in [2.45, 2.75) is 0 Å². The summed E-state index contributed by atoms with van der Waals surface area (Å²) in [7, 11) is 2.00. The van der Waals surface area contributed by atoms with Gasteiger partial charge in [0.2, 0.25) is 0 Å². The molecule has 0 aliphatic rings. The van der Waals surface area contributed by atoms with Crippen LogP contribution < -0.4 is 10.3 Å². The molecule has 4 heteroatoms. The van der Waals surface area contributed by atoms with Gasteiger partial charge in [-0.2, -0.15) is 10.4 Å². The normalized spacial score (nSPS) is 10.4. The van der Waals surface area contributed by atoms with Crippen molar-refractivity contribution < 1.29 is 0 Å². The molecule has 0 aromatic heterocycles. The van der Waals surface area contributed by atoms with Gasteiger partial charge in [-0.05, 0) is 54.1 Å². The maximum atomic E-state index is 8.88. The predicted octanol–water partition coefficient (Wildman–Crippen LogP) is 4.77. The van der Waals surface area contributed by atoms with Crippen molar-refractivity contribution in [2.75, 3.05) is 17.4 Å². The fourth-order valence-electron chi connectivity index (χ4n) is 2.39. The molecule has 0 bridgehead atoms. The van der Waals surface area contributed by atoms with Crippen LogP contribution in [-0.2, 0) is 0 Å². The lowest BCUT2D eigenvalue weighted by Crippen LogP contribution is -2.09. The van der Waals surface area contributed by atoms with Gasteiger partial charge in [0, 0.05) is 18.4 Å². The quantitative estimate of drug-likeness (QED) is 0.542. The van der Waals surface area contributed by atoms with Crippen molar-refractivity contribution in [3.05, 3.63) is 90.0 Å². The average molecular weight is 326 g/mol. The second-order valence-corrected chi connectivity index (χ2v) is 5.55. The summed E-state index contributed by atoms with van der Waals surface area (Å²) in [5, 5.41) is 13.1. The van der Waals surface area contributed by atoms with Crippen LogP contribution in [0.2, 0.25) is 0 Å². The number of hydrogen-bond acceptors (Lipinski definition) is 4. The number of hydrogen-bond donors (Lipinski definition) is 1. The van der Waals surface area contributed by atoms with E-state index in [2.05, 4.69) is 21.5 Å². The monoisotopic (exact) mass is 326 g/mol. The molecule has 122 valence electrons. The summed E-state index contributed by atoms with van der Waals surface area (Å²) in [5.74, 6) is 0. The van der Waals surface area contributed by atoms with E-state index in [1.165, 1.54) is 0 Å². The van der Waals surface area contributed by atoms with Gasteiger partial charge in [0.1, 0.15) is 0 Å². The molecule has 0 saturated carbocycles. The van der Waals surface area contributed by atoms with Crippen LogP contribution in [0.15, 0.2) is 84.0 Å². The SMILES string of the molecule is CN(c1ccc(C#N)cc1)c1ccc(C=NNc2ccccc2)cc1. The first-order chi connectivity index (χ1) is 12.3. The molecule has 3 rings (SSSR count). The van der Waals surface area contributed by atoms with E-state index in [-0.39, 0.29) is 0 Å². The largest absolute Gasteiger partial charge is 0.345 e. The van der Waals surface area contributed by atoms with Crippen molar-refractivity contribution in [3.8, 4) is 6.07 Å². The van der Waals surface area contributed by atoms with Crippen molar-refractivity contribution in [2.24, 2.45) is 5.10 Å². The van der Waals surface area contributed by atoms with E-state index in [0.29, 0.717) is 5.56 Å². The molecule has 0 saturated heterocycles. The van der Waals surface area contributed by atoms with Gasteiger partial charge in [-0.1, -0.05) is 30.3 Å². The minimum absolute atomic E-state index is 0.662. The molecule has 1 N–H and O–H groups in total. The van der Waals surface area contributed by atoms with Crippen LogP contribution in [0.3, 0.4) is 0 Å². The lowest BCUT2D eigenvalue weighted by Gasteiger charge is -2.19. The first-order valence-electron chi connectivity index (χ1n) is 7.94. The Bertz CT molecular complexity index is 876. The fraction of sp³-hybridized carbons (Fsp3) is 0.0476. The Morgan fingerprint density at radius 2 is 1.48 bits per heavy atom. The van der Waals surface area contributed by atoms with Crippen LogP contribution in [0.1, 0.15) is 11.1 Å². The predicted molar refractivity (Wildman–Crippen MR) is 103 cm³/mol. The van der Waals surface area contributed by atoms with Gasteiger partial charge < -0.3 is 4.90 Å². The molecule has 0 aliphatic heterocycles. The van der Waals surface area contributed by atoms with E-state index in [0.717, 1.165) is 22.6 Å². The highest BCUT2D eigenvalue weighted by atomic mass is 15.3. The Labute approximate surface area is 147 Å². The second-order valence-electron chi connectivity index (χ2n) is 5.55. The lowest BCUT2D eigenvalue weighted by molar-refractivity contribution is 1.21. The minimum Gasteiger partial charge on any atom is -0.345 e. The summed E-state index contributed by atoms with van der Waals surface area (Å²) in [5.41, 5.74) is 7.73. The van der Waals surface area contributed by atoms with E-state index in [9.17, 15) is 0 Å². The Morgan fingerprint density at radius 3 is 2.08 bits per heavy atom. The zero-order valence-electron chi connectivity index (χ0n) is 13.9. The number of nitrogens with one attached hydrogen (secondary N) is 1. The number of anilines is 3. The molecule has 0 fully saturated rings. The van der Waals surface area contributed by atoms with Crippen LogP contribution in [0.25, 0.3) is 0 Å². The van der Waals surface area contributed by atoms with Crippen LogP contribution in [-0.4, -0.2) is 13.3 Å². The van der Waals surface area contributed by atoms with E-state index in [4.69, 9.17) is 5.26 Å². The van der Waals surface area contributed by atoms with E-state index in [1.54, 1.807) is 6.21 Å². The molecule has 0 heterocycles. The molecule has 0 radical (unpaired) electrons. The topological polar surface area (TPSA) is 51.4 Å². The first-order valence-corrected chi connectivity index (χ1v) is 7.94. The molecule has 0 unspecified atom stereocenters. The number of benzene rings is 3. The van der Waals surface area contributed by atoms with E-state index >= 15 is 0 Å². The Hall–Kier alpha value is -3.58. The van der Waals surface area contributed by atoms with Crippen LogP contribution >= 0.6 is 0 Å². The molecular weight excluding hydrogens is 308 g/mol. The van der Waals surface area contributed by atoms with Crippen molar-refractivity contribution >= 4 is 23.3 Å². The number of hydrazone groups is 1. The molecule has 3 aromatic rings. The molecule has 3 aromatic carbocycles. The molecule has 25 heavy (non-hydrogen) atoms. The van der Waals surface area contributed by atoms with E-state index in [1.807, 2.05) is 85.9 Å². The summed E-state index contributed by atoms with van der Waals surface area (Å²) in [6.45, 7) is 0. The Kier molecular flexibility index (Phi) is 5.08. The average Bonchev–Trinajstić information content (AvgIpc) is 2.69. The molecule has 0 atom stereocenters. The van der Waals surface area contributed by atoms with Gasteiger partial charge in [-0.25, -0.2) is 0 Å². The Balaban J connectivity index is 1.66. The smallest absolute Gasteiger partial charge is 0.0991 e. The standard InChI is InChI=1S/C21H18N4/c1-25(20-11-7-17(15-22)8-12-20)21-13-9-18(10-14-21)16-23-24-19-5-3-2-4-6-19/h2-14,16,24H,1H3. The molecular formula is C21H18N4. The molecule has 0 amide bonds. The fourth-order valence-corrected chi connectivity index (χ4v) is 2.39. The summed E-state index contributed by atoms with van der Waals surface area (Å²) >= 11 is 0. The summed E-state index contributed by atoms with van der Waals surface area (Å²) in [4.78, 5) is 2.07. The minimum atomic E-state index is 0.662. The van der Waals surface area contributed by atoms with Gasteiger partial charge in [0.15, 0.2) is 0 Å². The summed E-state index contributed by atoms with van der Waals surface area (Å²) in [6, 6.07) is 27.6. The maximum Gasteiger partial charge on any atom is 0.0991 e. The summed E-state index contributed by atoms with van der Waals surface area (Å²) < 4.78 is 0. The number of rotatable bonds is 5. The van der Waals surface area contributed by atoms with Gasteiger partial charge >= 0.3 is 0 Å². The Morgan fingerprint density at radius 1 is 0.880 bits per heavy atom. The third-order valence-corrected chi connectivity index (χ3v) is 3.85. The maximum absolute atomic E-state index is 8.88. The van der Waals surface area contributed by atoms with Gasteiger partial charge in [0.25, 0.3) is 0 Å².